The molecule has 0 saturated heterocycles. The van der Waals surface area contributed by atoms with Gasteiger partial charge in [-0.05, 0) is 12.1 Å². The van der Waals surface area contributed by atoms with E-state index in [1.807, 2.05) is 0 Å². The van der Waals surface area contributed by atoms with Crippen molar-refractivity contribution in [2.45, 2.75) is 11.5 Å². The van der Waals surface area contributed by atoms with E-state index in [1.54, 1.807) is 12.1 Å². The number of alkyl halides is 4. The third-order valence-corrected chi connectivity index (χ3v) is 3.25. The number of aromatic nitrogens is 1. The zero-order valence-electron chi connectivity index (χ0n) is 8.35. The Morgan fingerprint density at radius 3 is 2.41 bits per heavy atom. The van der Waals surface area contributed by atoms with E-state index in [0.29, 0.717) is 21.3 Å². The minimum Gasteiger partial charge on any atom is -0.243 e. The highest BCUT2D eigenvalue weighted by Gasteiger charge is 2.32. The highest BCUT2D eigenvalue weighted by atomic mass is 79.9. The van der Waals surface area contributed by atoms with Crippen LogP contribution in [0.4, 0.5) is 13.2 Å². The maximum atomic E-state index is 12.5. The summed E-state index contributed by atoms with van der Waals surface area (Å²) in [6, 6.07) is 5.66. The molecule has 1 aromatic carbocycles. The van der Waals surface area contributed by atoms with Crippen molar-refractivity contribution in [3.63, 3.8) is 0 Å². The molecular weight excluding hydrogens is 318 g/mol. The summed E-state index contributed by atoms with van der Waals surface area (Å²) in [7, 11) is 0. The fourth-order valence-electron chi connectivity index (χ4n) is 1.51. The number of benzene rings is 1. The second-order valence-electron chi connectivity index (χ2n) is 3.43. The van der Waals surface area contributed by atoms with Crippen molar-refractivity contribution in [1.82, 2.24) is 4.98 Å². The molecule has 0 atom stereocenters. The van der Waals surface area contributed by atoms with E-state index in [4.69, 9.17) is 11.6 Å². The van der Waals surface area contributed by atoms with Crippen LogP contribution in [0.5, 0.6) is 0 Å². The van der Waals surface area contributed by atoms with Crippen molar-refractivity contribution in [3.8, 4) is 0 Å². The van der Waals surface area contributed by atoms with Crippen LogP contribution in [0, 0.1) is 0 Å². The van der Waals surface area contributed by atoms with Gasteiger partial charge in [0.15, 0.2) is 0 Å². The number of pyridine rings is 1. The van der Waals surface area contributed by atoms with Gasteiger partial charge in [0.25, 0.3) is 0 Å². The van der Waals surface area contributed by atoms with Gasteiger partial charge in [-0.1, -0.05) is 39.7 Å². The SMILES string of the molecule is FC(F)(F)c1ccc2ccc(Cl)c(CBr)c2n1. The number of hydrogen-bond donors (Lipinski definition) is 0. The number of rotatable bonds is 1. The zero-order chi connectivity index (χ0) is 12.6. The summed E-state index contributed by atoms with van der Waals surface area (Å²) in [5.74, 6) is 0. The first-order valence-corrected chi connectivity index (χ1v) is 6.14. The first-order chi connectivity index (χ1) is 7.93. The third-order valence-electron chi connectivity index (χ3n) is 2.33. The summed E-state index contributed by atoms with van der Waals surface area (Å²) in [6.45, 7) is 0. The Kier molecular flexibility index (Phi) is 3.32. The monoisotopic (exact) mass is 323 g/mol. The lowest BCUT2D eigenvalue weighted by molar-refractivity contribution is -0.140. The number of fused-ring (bicyclic) bond motifs is 1. The van der Waals surface area contributed by atoms with E-state index in [-0.39, 0.29) is 5.52 Å². The summed E-state index contributed by atoms with van der Waals surface area (Å²) in [5.41, 5.74) is -0.0612. The summed E-state index contributed by atoms with van der Waals surface area (Å²) in [5, 5.41) is 1.40. The van der Waals surface area contributed by atoms with Crippen LogP contribution >= 0.6 is 27.5 Å². The lowest BCUT2D eigenvalue weighted by atomic mass is 10.1. The molecule has 0 unspecified atom stereocenters. The summed E-state index contributed by atoms with van der Waals surface area (Å²) in [6.07, 6.45) is -4.44. The largest absolute Gasteiger partial charge is 0.433 e. The smallest absolute Gasteiger partial charge is 0.243 e. The summed E-state index contributed by atoms with van der Waals surface area (Å²) >= 11 is 9.12. The van der Waals surface area contributed by atoms with Gasteiger partial charge in [-0.3, -0.25) is 0 Å². The molecule has 0 N–H and O–H groups in total. The molecule has 17 heavy (non-hydrogen) atoms. The van der Waals surface area contributed by atoms with E-state index in [9.17, 15) is 13.2 Å². The fourth-order valence-corrected chi connectivity index (χ4v) is 2.46. The maximum Gasteiger partial charge on any atom is 0.433 e. The predicted molar refractivity (Wildman–Crippen MR) is 64.4 cm³/mol. The van der Waals surface area contributed by atoms with Gasteiger partial charge in [0.05, 0.1) is 5.52 Å². The van der Waals surface area contributed by atoms with Crippen LogP contribution in [0.2, 0.25) is 5.02 Å². The quantitative estimate of drug-likeness (QED) is 0.687. The Hall–Kier alpha value is -0.810. The molecule has 1 nitrogen and oxygen atoms in total. The van der Waals surface area contributed by atoms with Gasteiger partial charge in [-0.2, -0.15) is 13.2 Å². The highest BCUT2D eigenvalue weighted by Crippen LogP contribution is 2.32. The van der Waals surface area contributed by atoms with Crippen molar-refractivity contribution in [3.05, 3.63) is 40.5 Å². The van der Waals surface area contributed by atoms with Gasteiger partial charge in [0.2, 0.25) is 0 Å². The molecule has 1 heterocycles. The van der Waals surface area contributed by atoms with Crippen LogP contribution in [0.15, 0.2) is 24.3 Å². The molecule has 1 aromatic heterocycles. The minimum absolute atomic E-state index is 0.282. The second kappa shape index (κ2) is 4.46. The van der Waals surface area contributed by atoms with Crippen LogP contribution in [-0.4, -0.2) is 4.98 Å². The molecule has 0 amide bonds. The van der Waals surface area contributed by atoms with Crippen molar-refractivity contribution >= 4 is 38.4 Å². The molecule has 0 fully saturated rings. The lowest BCUT2D eigenvalue weighted by Gasteiger charge is -2.09. The fraction of sp³-hybridized carbons (Fsp3) is 0.182. The normalized spacial score (nSPS) is 12.1. The number of halogens is 5. The molecule has 90 valence electrons. The minimum atomic E-state index is -4.44. The van der Waals surface area contributed by atoms with Crippen LogP contribution < -0.4 is 0 Å². The van der Waals surface area contributed by atoms with E-state index < -0.39 is 11.9 Å². The highest BCUT2D eigenvalue weighted by molar-refractivity contribution is 9.08. The molecular formula is C11H6BrClF3N. The first kappa shape index (κ1) is 12.6. The Bertz CT molecular complexity index is 568. The Labute approximate surface area is 109 Å². The summed E-state index contributed by atoms with van der Waals surface area (Å²) < 4.78 is 37.6. The topological polar surface area (TPSA) is 12.9 Å². The van der Waals surface area contributed by atoms with Gasteiger partial charge in [0, 0.05) is 21.3 Å². The molecule has 0 spiro atoms. The standard InChI is InChI=1S/C11H6BrClF3N/c12-5-7-8(13)3-1-6-2-4-9(11(14,15)16)17-10(6)7/h1-4H,5H2. The number of nitrogens with zero attached hydrogens (tertiary/aromatic N) is 1. The molecule has 0 bridgehead atoms. The molecule has 6 heteroatoms. The lowest BCUT2D eigenvalue weighted by Crippen LogP contribution is -2.08. The molecule has 2 aromatic rings. The predicted octanol–water partition coefficient (Wildman–Crippen LogP) is 4.80. The molecule has 0 aliphatic heterocycles. The van der Waals surface area contributed by atoms with Gasteiger partial charge in [-0.25, -0.2) is 4.98 Å². The molecule has 2 rings (SSSR count). The summed E-state index contributed by atoms with van der Waals surface area (Å²) in [4.78, 5) is 3.64. The molecule has 0 aliphatic carbocycles. The average Bonchev–Trinajstić information content (AvgIpc) is 2.27. The third kappa shape index (κ3) is 2.40. The Morgan fingerprint density at radius 1 is 1.18 bits per heavy atom. The van der Waals surface area contributed by atoms with E-state index in [0.717, 1.165) is 6.07 Å². The van der Waals surface area contributed by atoms with Crippen molar-refractivity contribution < 1.29 is 13.2 Å². The molecule has 0 saturated carbocycles. The first-order valence-electron chi connectivity index (χ1n) is 4.65. The van der Waals surface area contributed by atoms with Gasteiger partial charge in [-0.15, -0.1) is 0 Å². The van der Waals surface area contributed by atoms with Crippen LogP contribution in [-0.2, 0) is 11.5 Å². The van der Waals surface area contributed by atoms with Crippen LogP contribution in [0.3, 0.4) is 0 Å². The van der Waals surface area contributed by atoms with Crippen molar-refractivity contribution in [2.24, 2.45) is 0 Å². The zero-order valence-corrected chi connectivity index (χ0v) is 10.7. The Morgan fingerprint density at radius 2 is 1.82 bits per heavy atom. The van der Waals surface area contributed by atoms with E-state index in [1.165, 1.54) is 6.07 Å². The van der Waals surface area contributed by atoms with E-state index in [2.05, 4.69) is 20.9 Å². The van der Waals surface area contributed by atoms with E-state index >= 15 is 0 Å². The van der Waals surface area contributed by atoms with Crippen molar-refractivity contribution in [2.75, 3.05) is 0 Å². The number of hydrogen-bond acceptors (Lipinski definition) is 1. The Balaban J connectivity index is 2.74. The maximum absolute atomic E-state index is 12.5. The second-order valence-corrected chi connectivity index (χ2v) is 4.39. The molecule has 0 aliphatic rings. The van der Waals surface area contributed by atoms with Gasteiger partial charge in [0.1, 0.15) is 5.69 Å². The van der Waals surface area contributed by atoms with Crippen LogP contribution in [0.25, 0.3) is 10.9 Å². The van der Waals surface area contributed by atoms with Gasteiger partial charge >= 0.3 is 6.18 Å². The van der Waals surface area contributed by atoms with Crippen molar-refractivity contribution in [1.29, 1.82) is 0 Å². The average molecular weight is 325 g/mol. The molecule has 0 radical (unpaired) electrons. The van der Waals surface area contributed by atoms with Crippen LogP contribution in [0.1, 0.15) is 11.3 Å². The van der Waals surface area contributed by atoms with Gasteiger partial charge < -0.3 is 0 Å².